The summed E-state index contributed by atoms with van der Waals surface area (Å²) < 4.78 is 0. The van der Waals surface area contributed by atoms with Crippen LogP contribution in [0.25, 0.3) is 0 Å². The van der Waals surface area contributed by atoms with Gasteiger partial charge in [0.1, 0.15) is 0 Å². The van der Waals surface area contributed by atoms with Crippen LogP contribution in [-0.4, -0.2) is 23.8 Å². The summed E-state index contributed by atoms with van der Waals surface area (Å²) in [5.74, 6) is 4.08. The van der Waals surface area contributed by atoms with Crippen LogP contribution in [0.5, 0.6) is 0 Å². The molecule has 1 atom stereocenters. The molecule has 3 N–H and O–H groups in total. The molecule has 0 aromatic heterocycles. The van der Waals surface area contributed by atoms with Gasteiger partial charge in [0.2, 0.25) is 0 Å². The molecule has 0 saturated carbocycles. The highest BCUT2D eigenvalue weighted by Crippen LogP contribution is 2.11. The van der Waals surface area contributed by atoms with E-state index < -0.39 is 11.9 Å². The Kier molecular flexibility index (Phi) is 7.82. The number of nitrogens with zero attached hydrogens (tertiary/aromatic N) is 1. The van der Waals surface area contributed by atoms with Crippen LogP contribution in [0.2, 0.25) is 0 Å². The van der Waals surface area contributed by atoms with E-state index in [9.17, 15) is 4.79 Å². The summed E-state index contributed by atoms with van der Waals surface area (Å²) in [5.41, 5.74) is 6.37. The van der Waals surface area contributed by atoms with Crippen LogP contribution in [0.4, 0.5) is 0 Å². The summed E-state index contributed by atoms with van der Waals surface area (Å²) in [6.45, 7) is 3.82. The van der Waals surface area contributed by atoms with E-state index >= 15 is 0 Å². The molecule has 0 rings (SSSR count). The second-order valence-corrected chi connectivity index (χ2v) is 3.46. The lowest BCUT2D eigenvalue weighted by atomic mass is 10.0. The number of hydrogen-bond acceptors (Lipinski definition) is 3. The summed E-state index contributed by atoms with van der Waals surface area (Å²) in [6.07, 6.45) is 4.44. The van der Waals surface area contributed by atoms with Gasteiger partial charge in [0.25, 0.3) is 0 Å². The summed E-state index contributed by atoms with van der Waals surface area (Å²) in [5, 5.41) is 8.78. The molecule has 88 valence electrons. The van der Waals surface area contributed by atoms with Crippen molar-refractivity contribution in [2.75, 3.05) is 6.54 Å². The molecule has 0 saturated heterocycles. The standard InChI is InChI=1S/C12H18N2O2/c1-3-4-7-14-9-10(2)5-6-11(8-13)12(15)16/h7,9,11H,5-6,8,13H2,1-2H3,(H,15,16)/b10-9+,14-7?. The predicted molar refractivity (Wildman–Crippen MR) is 65.1 cm³/mol. The maximum atomic E-state index is 10.7. The molecule has 0 aliphatic carbocycles. The van der Waals surface area contributed by atoms with Crippen molar-refractivity contribution in [2.24, 2.45) is 16.6 Å². The van der Waals surface area contributed by atoms with Crippen molar-refractivity contribution < 1.29 is 9.90 Å². The number of hydrogen-bond donors (Lipinski definition) is 2. The van der Waals surface area contributed by atoms with Crippen molar-refractivity contribution in [1.29, 1.82) is 0 Å². The fraction of sp³-hybridized carbons (Fsp3) is 0.500. The zero-order valence-electron chi connectivity index (χ0n) is 9.73. The number of rotatable bonds is 6. The van der Waals surface area contributed by atoms with Gasteiger partial charge >= 0.3 is 5.97 Å². The molecule has 0 fully saturated rings. The van der Waals surface area contributed by atoms with E-state index in [1.165, 1.54) is 6.21 Å². The van der Waals surface area contributed by atoms with Gasteiger partial charge in [-0.2, -0.15) is 0 Å². The molecule has 1 unspecified atom stereocenters. The summed E-state index contributed by atoms with van der Waals surface area (Å²) in [7, 11) is 0. The summed E-state index contributed by atoms with van der Waals surface area (Å²) in [4.78, 5) is 14.7. The minimum Gasteiger partial charge on any atom is -0.481 e. The molecule has 0 radical (unpaired) electrons. The van der Waals surface area contributed by atoms with E-state index in [0.29, 0.717) is 12.8 Å². The first-order valence-electron chi connectivity index (χ1n) is 5.14. The Bertz CT molecular complexity index is 335. The third-order valence-electron chi connectivity index (χ3n) is 2.10. The van der Waals surface area contributed by atoms with Gasteiger partial charge < -0.3 is 10.8 Å². The minimum atomic E-state index is -0.837. The van der Waals surface area contributed by atoms with Crippen LogP contribution in [0.15, 0.2) is 16.8 Å². The zero-order chi connectivity index (χ0) is 12.4. The topological polar surface area (TPSA) is 75.7 Å². The van der Waals surface area contributed by atoms with E-state index in [2.05, 4.69) is 16.8 Å². The highest BCUT2D eigenvalue weighted by molar-refractivity contribution is 5.78. The predicted octanol–water partition coefficient (Wildman–Crippen LogP) is 1.42. The average molecular weight is 222 g/mol. The quantitative estimate of drug-likeness (QED) is 0.527. The molecular formula is C12H18N2O2. The van der Waals surface area contributed by atoms with Crippen LogP contribution < -0.4 is 5.73 Å². The number of carboxylic acid groups (broad SMARTS) is 1. The number of carboxylic acids is 1. The molecule has 0 aliphatic rings. The smallest absolute Gasteiger partial charge is 0.307 e. The van der Waals surface area contributed by atoms with Gasteiger partial charge in [-0.15, -0.1) is 5.92 Å². The van der Waals surface area contributed by atoms with Gasteiger partial charge in [-0.05, 0) is 26.7 Å². The second kappa shape index (κ2) is 8.69. The fourth-order valence-corrected chi connectivity index (χ4v) is 1.07. The fourth-order valence-electron chi connectivity index (χ4n) is 1.07. The molecule has 0 bridgehead atoms. The van der Waals surface area contributed by atoms with E-state index in [4.69, 9.17) is 10.8 Å². The Morgan fingerprint density at radius 3 is 2.81 bits per heavy atom. The molecule has 4 nitrogen and oxygen atoms in total. The minimum absolute atomic E-state index is 0.174. The summed E-state index contributed by atoms with van der Waals surface area (Å²) in [6, 6.07) is 0. The molecule has 0 amide bonds. The van der Waals surface area contributed by atoms with Crippen LogP contribution in [0, 0.1) is 17.8 Å². The van der Waals surface area contributed by atoms with Crippen molar-refractivity contribution in [3.8, 4) is 11.8 Å². The van der Waals surface area contributed by atoms with Crippen LogP contribution in [0.1, 0.15) is 26.7 Å². The van der Waals surface area contributed by atoms with E-state index in [1.54, 1.807) is 13.1 Å². The molecule has 0 heterocycles. The number of aliphatic carboxylic acids is 1. The molecule has 0 aliphatic heterocycles. The van der Waals surface area contributed by atoms with Gasteiger partial charge in [0.05, 0.1) is 12.1 Å². The Labute approximate surface area is 96.3 Å². The molecule has 0 spiro atoms. The zero-order valence-corrected chi connectivity index (χ0v) is 9.73. The Balaban J connectivity index is 4.08. The van der Waals surface area contributed by atoms with Crippen molar-refractivity contribution in [3.63, 3.8) is 0 Å². The van der Waals surface area contributed by atoms with Crippen molar-refractivity contribution in [3.05, 3.63) is 11.8 Å². The summed E-state index contributed by atoms with van der Waals surface area (Å²) >= 11 is 0. The molecule has 0 aromatic carbocycles. The molecular weight excluding hydrogens is 204 g/mol. The monoisotopic (exact) mass is 222 g/mol. The molecule has 0 aromatic rings. The first kappa shape index (κ1) is 14.4. The van der Waals surface area contributed by atoms with Crippen LogP contribution in [-0.2, 0) is 4.79 Å². The number of aliphatic imine (C=N–C) groups is 1. The Hall–Kier alpha value is -1.60. The van der Waals surface area contributed by atoms with Gasteiger partial charge in [-0.25, -0.2) is 0 Å². The normalized spacial score (nSPS) is 13.3. The third-order valence-corrected chi connectivity index (χ3v) is 2.10. The molecule has 4 heteroatoms. The van der Waals surface area contributed by atoms with Crippen LogP contribution >= 0.6 is 0 Å². The van der Waals surface area contributed by atoms with E-state index in [1.807, 2.05) is 6.92 Å². The third kappa shape index (κ3) is 6.80. The van der Waals surface area contributed by atoms with E-state index in [0.717, 1.165) is 5.57 Å². The Morgan fingerprint density at radius 1 is 1.62 bits per heavy atom. The first-order valence-corrected chi connectivity index (χ1v) is 5.14. The van der Waals surface area contributed by atoms with Crippen LogP contribution in [0.3, 0.4) is 0 Å². The second-order valence-electron chi connectivity index (χ2n) is 3.46. The number of allylic oxidation sites excluding steroid dienone is 1. The first-order chi connectivity index (χ1) is 7.61. The number of carbonyl (C=O) groups is 1. The maximum Gasteiger partial charge on any atom is 0.307 e. The van der Waals surface area contributed by atoms with Crippen molar-refractivity contribution in [2.45, 2.75) is 26.7 Å². The van der Waals surface area contributed by atoms with Gasteiger partial charge in [-0.3, -0.25) is 9.79 Å². The SMILES string of the molecule is CC#CC=N/C=C(\C)CCC(CN)C(=O)O. The van der Waals surface area contributed by atoms with Gasteiger partial charge in [0, 0.05) is 12.7 Å². The van der Waals surface area contributed by atoms with Crippen molar-refractivity contribution >= 4 is 12.2 Å². The van der Waals surface area contributed by atoms with Gasteiger partial charge in [0.15, 0.2) is 0 Å². The highest BCUT2D eigenvalue weighted by Gasteiger charge is 2.14. The lowest BCUT2D eigenvalue weighted by molar-refractivity contribution is -0.141. The van der Waals surface area contributed by atoms with Crippen molar-refractivity contribution in [1.82, 2.24) is 0 Å². The largest absolute Gasteiger partial charge is 0.481 e. The van der Waals surface area contributed by atoms with Gasteiger partial charge in [-0.1, -0.05) is 11.5 Å². The lowest BCUT2D eigenvalue weighted by Gasteiger charge is -2.08. The number of nitrogens with two attached hydrogens (primary N) is 1. The molecule has 16 heavy (non-hydrogen) atoms. The lowest BCUT2D eigenvalue weighted by Crippen LogP contribution is -2.23. The van der Waals surface area contributed by atoms with E-state index in [-0.39, 0.29) is 6.54 Å². The maximum absolute atomic E-state index is 10.7. The average Bonchev–Trinajstić information content (AvgIpc) is 2.25. The highest BCUT2D eigenvalue weighted by atomic mass is 16.4. The Morgan fingerprint density at radius 2 is 2.31 bits per heavy atom.